The predicted octanol–water partition coefficient (Wildman–Crippen LogP) is 3.34. The molecule has 0 aliphatic rings. The number of ether oxygens (including phenoxy) is 1. The molecule has 2 rings (SSSR count). The molecule has 0 saturated heterocycles. The molecule has 1 heterocycles. The van der Waals surface area contributed by atoms with Gasteiger partial charge in [0.1, 0.15) is 6.33 Å². The van der Waals surface area contributed by atoms with Crippen LogP contribution >= 0.6 is 11.8 Å². The largest absolute Gasteiger partial charge is 0.385 e. The summed E-state index contributed by atoms with van der Waals surface area (Å²) < 4.78 is 7.00. The average molecular weight is 362 g/mol. The van der Waals surface area contributed by atoms with E-state index in [1.165, 1.54) is 11.8 Å². The van der Waals surface area contributed by atoms with Gasteiger partial charge < -0.3 is 14.6 Å². The highest BCUT2D eigenvalue weighted by Crippen LogP contribution is 2.29. The number of hydrogen-bond donors (Lipinski definition) is 1. The summed E-state index contributed by atoms with van der Waals surface area (Å²) >= 11 is 1.39. The van der Waals surface area contributed by atoms with Crippen LogP contribution in [0.15, 0.2) is 35.7 Å². The van der Waals surface area contributed by atoms with Crippen LogP contribution in [0.2, 0.25) is 0 Å². The van der Waals surface area contributed by atoms with Gasteiger partial charge in [-0.2, -0.15) is 0 Å². The Morgan fingerprint density at radius 2 is 2.08 bits per heavy atom. The second kappa shape index (κ2) is 9.01. The van der Waals surface area contributed by atoms with Crippen molar-refractivity contribution in [3.05, 3.63) is 36.2 Å². The fourth-order valence-electron chi connectivity index (χ4n) is 2.45. The number of benzene rings is 1. The fraction of sp³-hybridized carbons (Fsp3) is 0.500. The maximum Gasteiger partial charge on any atom is 0.234 e. The third-order valence-electron chi connectivity index (χ3n) is 3.67. The van der Waals surface area contributed by atoms with Crippen molar-refractivity contribution in [2.45, 2.75) is 44.3 Å². The van der Waals surface area contributed by atoms with Gasteiger partial charge >= 0.3 is 0 Å². The van der Waals surface area contributed by atoms with Crippen LogP contribution in [0.5, 0.6) is 0 Å². The minimum Gasteiger partial charge on any atom is -0.385 e. The number of thioether (sulfide) groups is 1. The van der Waals surface area contributed by atoms with Crippen molar-refractivity contribution >= 4 is 23.4 Å². The molecule has 1 aromatic heterocycles. The summed E-state index contributed by atoms with van der Waals surface area (Å²) in [5.74, 6) is 0.245. The lowest BCUT2D eigenvalue weighted by Gasteiger charge is -2.22. The zero-order valence-corrected chi connectivity index (χ0v) is 16.1. The van der Waals surface area contributed by atoms with E-state index in [2.05, 4.69) is 42.4 Å². The zero-order valence-electron chi connectivity index (χ0n) is 15.3. The number of methoxy groups -OCH3 is 1. The van der Waals surface area contributed by atoms with Gasteiger partial charge in [-0.05, 0) is 23.5 Å². The van der Waals surface area contributed by atoms with Crippen LogP contribution in [0.3, 0.4) is 0 Å². The van der Waals surface area contributed by atoms with Crippen molar-refractivity contribution in [2.24, 2.45) is 0 Å². The van der Waals surface area contributed by atoms with E-state index < -0.39 is 0 Å². The molecule has 0 spiro atoms. The van der Waals surface area contributed by atoms with Gasteiger partial charge in [-0.15, -0.1) is 10.2 Å². The van der Waals surface area contributed by atoms with Gasteiger partial charge in [0.2, 0.25) is 5.91 Å². The number of hydrogen-bond acceptors (Lipinski definition) is 5. The Kier molecular flexibility index (Phi) is 7.01. The summed E-state index contributed by atoms with van der Waals surface area (Å²) in [7, 11) is 1.68. The van der Waals surface area contributed by atoms with Crippen molar-refractivity contribution < 1.29 is 9.53 Å². The van der Waals surface area contributed by atoms with Crippen molar-refractivity contribution in [3.63, 3.8) is 0 Å². The van der Waals surface area contributed by atoms with Crippen LogP contribution in [-0.4, -0.2) is 40.1 Å². The molecule has 0 bridgehead atoms. The molecule has 7 heteroatoms. The summed E-state index contributed by atoms with van der Waals surface area (Å²) in [5, 5.41) is 11.8. The molecule has 6 nitrogen and oxygen atoms in total. The Balaban J connectivity index is 1.93. The number of para-hydroxylation sites is 1. The summed E-state index contributed by atoms with van der Waals surface area (Å²) in [6, 6.07) is 7.92. The number of aromatic nitrogens is 3. The molecule has 2 aromatic rings. The van der Waals surface area contributed by atoms with E-state index >= 15 is 0 Å². The molecule has 0 aliphatic heterocycles. The molecule has 0 unspecified atom stereocenters. The standard InChI is InChI=1S/C18H26N4O2S/c1-18(2,3)14-8-5-6-9-15(14)20-16(23)12-25-17-21-19-13-22(17)10-7-11-24-4/h5-6,8-9,13H,7,10-12H2,1-4H3,(H,20,23). The Morgan fingerprint density at radius 1 is 1.32 bits per heavy atom. The molecule has 0 saturated carbocycles. The van der Waals surface area contributed by atoms with E-state index in [0.29, 0.717) is 12.4 Å². The van der Waals surface area contributed by atoms with Crippen molar-refractivity contribution in [2.75, 3.05) is 24.8 Å². The first kappa shape index (κ1) is 19.5. The Morgan fingerprint density at radius 3 is 2.80 bits per heavy atom. The predicted molar refractivity (Wildman–Crippen MR) is 101 cm³/mol. The van der Waals surface area contributed by atoms with Crippen molar-refractivity contribution in [1.82, 2.24) is 14.8 Å². The first-order valence-corrected chi connectivity index (χ1v) is 9.29. The number of carbonyl (C=O) groups excluding carboxylic acids is 1. The van der Waals surface area contributed by atoms with Crippen LogP contribution in [0.4, 0.5) is 5.69 Å². The average Bonchev–Trinajstić information content (AvgIpc) is 3.00. The number of amides is 1. The van der Waals surface area contributed by atoms with E-state index in [0.717, 1.165) is 29.4 Å². The summed E-state index contributed by atoms with van der Waals surface area (Å²) in [6.07, 6.45) is 2.57. The second-order valence-electron chi connectivity index (χ2n) is 6.79. The molecule has 136 valence electrons. The summed E-state index contributed by atoms with van der Waals surface area (Å²) in [4.78, 5) is 12.3. The molecule has 0 atom stereocenters. The van der Waals surface area contributed by atoms with Crippen LogP contribution < -0.4 is 5.32 Å². The molecule has 0 aliphatic carbocycles. The first-order valence-electron chi connectivity index (χ1n) is 8.30. The van der Waals surface area contributed by atoms with Gasteiger partial charge in [0, 0.05) is 25.9 Å². The molecule has 1 amide bonds. The van der Waals surface area contributed by atoms with E-state index in [4.69, 9.17) is 4.74 Å². The molecule has 0 fully saturated rings. The summed E-state index contributed by atoms with van der Waals surface area (Å²) in [6.45, 7) is 7.86. The smallest absolute Gasteiger partial charge is 0.234 e. The van der Waals surface area contributed by atoms with E-state index in [1.807, 2.05) is 22.8 Å². The molecule has 0 radical (unpaired) electrons. The third kappa shape index (κ3) is 5.86. The maximum atomic E-state index is 12.3. The van der Waals surface area contributed by atoms with Crippen LogP contribution in [-0.2, 0) is 21.5 Å². The highest BCUT2D eigenvalue weighted by molar-refractivity contribution is 7.99. The highest BCUT2D eigenvalue weighted by Gasteiger charge is 2.18. The Hall–Kier alpha value is -1.86. The molecule has 1 aromatic carbocycles. The number of anilines is 1. The van der Waals surface area contributed by atoms with Gasteiger partial charge in [0.05, 0.1) is 5.75 Å². The quantitative estimate of drug-likeness (QED) is 0.576. The maximum absolute atomic E-state index is 12.3. The lowest BCUT2D eigenvalue weighted by molar-refractivity contribution is -0.113. The number of aryl methyl sites for hydroxylation is 1. The van der Waals surface area contributed by atoms with Crippen LogP contribution in [0.25, 0.3) is 0 Å². The second-order valence-corrected chi connectivity index (χ2v) is 7.73. The summed E-state index contributed by atoms with van der Waals surface area (Å²) in [5.41, 5.74) is 1.96. The van der Waals surface area contributed by atoms with Crippen LogP contribution in [0, 0.1) is 0 Å². The molecule has 1 N–H and O–H groups in total. The topological polar surface area (TPSA) is 69.0 Å². The number of rotatable bonds is 8. The van der Waals surface area contributed by atoms with Gasteiger partial charge in [-0.1, -0.05) is 50.7 Å². The fourth-order valence-corrected chi connectivity index (χ4v) is 3.19. The first-order chi connectivity index (χ1) is 11.9. The van der Waals surface area contributed by atoms with Crippen molar-refractivity contribution in [1.29, 1.82) is 0 Å². The lowest BCUT2D eigenvalue weighted by atomic mass is 9.86. The van der Waals surface area contributed by atoms with Gasteiger partial charge in [-0.25, -0.2) is 0 Å². The Bertz CT molecular complexity index is 694. The third-order valence-corrected chi connectivity index (χ3v) is 4.65. The van der Waals surface area contributed by atoms with E-state index in [9.17, 15) is 4.79 Å². The molecule has 25 heavy (non-hydrogen) atoms. The minimum atomic E-state index is -0.0480. The van der Waals surface area contributed by atoms with Gasteiger partial charge in [0.15, 0.2) is 5.16 Å². The van der Waals surface area contributed by atoms with Crippen molar-refractivity contribution in [3.8, 4) is 0 Å². The minimum absolute atomic E-state index is 0.0292. The highest BCUT2D eigenvalue weighted by atomic mass is 32.2. The van der Waals surface area contributed by atoms with E-state index in [1.54, 1.807) is 13.4 Å². The monoisotopic (exact) mass is 362 g/mol. The normalized spacial score (nSPS) is 11.5. The Labute approximate surface area is 153 Å². The van der Waals surface area contributed by atoms with Crippen LogP contribution in [0.1, 0.15) is 32.8 Å². The van der Waals surface area contributed by atoms with Gasteiger partial charge in [-0.3, -0.25) is 4.79 Å². The number of nitrogens with zero attached hydrogens (tertiary/aromatic N) is 3. The SMILES string of the molecule is COCCCn1cnnc1SCC(=O)Nc1ccccc1C(C)(C)C. The van der Waals surface area contributed by atoms with Gasteiger partial charge in [0.25, 0.3) is 0 Å². The lowest BCUT2D eigenvalue weighted by Crippen LogP contribution is -2.20. The number of nitrogens with one attached hydrogen (secondary N) is 1. The number of carbonyl (C=O) groups is 1. The molecular weight excluding hydrogens is 336 g/mol. The zero-order chi connectivity index (χ0) is 18.3. The molecular formula is C18H26N4O2S. The van der Waals surface area contributed by atoms with E-state index in [-0.39, 0.29) is 11.3 Å².